The summed E-state index contributed by atoms with van der Waals surface area (Å²) in [5, 5.41) is 11.9. The van der Waals surface area contributed by atoms with Gasteiger partial charge in [0.05, 0.1) is 0 Å². The van der Waals surface area contributed by atoms with E-state index >= 15 is 0 Å². The summed E-state index contributed by atoms with van der Waals surface area (Å²) in [6.07, 6.45) is 5.70. The first-order valence-electron chi connectivity index (χ1n) is 7.75. The fourth-order valence-electron chi connectivity index (χ4n) is 2.83. The first kappa shape index (κ1) is 16.8. The highest BCUT2D eigenvalue weighted by Crippen LogP contribution is 2.21. The van der Waals surface area contributed by atoms with Crippen molar-refractivity contribution in [2.45, 2.75) is 71.4 Å². The van der Waals surface area contributed by atoms with E-state index in [4.69, 9.17) is 0 Å². The maximum atomic E-state index is 12.3. The quantitative estimate of drug-likeness (QED) is 0.788. The molecule has 0 radical (unpaired) electrons. The SMILES string of the molecule is CCCC1CCCCN1C(=O)N[C@@H](CC(C)C)C(=O)O. The summed E-state index contributed by atoms with van der Waals surface area (Å²) in [4.78, 5) is 25.4. The Kier molecular flexibility index (Phi) is 6.82. The van der Waals surface area contributed by atoms with Crippen LogP contribution < -0.4 is 5.32 Å². The second-order valence-electron chi connectivity index (χ2n) is 6.10. The van der Waals surface area contributed by atoms with E-state index in [1.54, 1.807) is 0 Å². The van der Waals surface area contributed by atoms with Crippen molar-refractivity contribution in [2.24, 2.45) is 5.92 Å². The molecule has 0 aromatic rings. The van der Waals surface area contributed by atoms with E-state index in [1.807, 2.05) is 18.7 Å². The zero-order valence-corrected chi connectivity index (χ0v) is 12.9. The first-order valence-corrected chi connectivity index (χ1v) is 7.75. The van der Waals surface area contributed by atoms with Crippen molar-refractivity contribution in [3.05, 3.63) is 0 Å². The van der Waals surface area contributed by atoms with Crippen molar-refractivity contribution in [3.63, 3.8) is 0 Å². The number of carbonyl (C=O) groups excluding carboxylic acids is 1. The number of aliphatic carboxylic acids is 1. The standard InChI is InChI=1S/C15H28N2O3/c1-4-7-12-8-5-6-9-17(12)15(20)16-13(14(18)19)10-11(2)3/h11-13H,4-10H2,1-3H3,(H,16,20)(H,18,19)/t12?,13-/m0/s1. The summed E-state index contributed by atoms with van der Waals surface area (Å²) in [6, 6.07) is -0.731. The molecule has 1 aliphatic heterocycles. The number of carboxylic acid groups (broad SMARTS) is 1. The molecule has 0 saturated carbocycles. The van der Waals surface area contributed by atoms with Crippen LogP contribution in [0.15, 0.2) is 0 Å². The van der Waals surface area contributed by atoms with Gasteiger partial charge in [-0.2, -0.15) is 0 Å². The molecule has 1 heterocycles. The maximum Gasteiger partial charge on any atom is 0.326 e. The van der Waals surface area contributed by atoms with Gasteiger partial charge in [-0.05, 0) is 38.0 Å². The van der Waals surface area contributed by atoms with Gasteiger partial charge in [0, 0.05) is 12.6 Å². The van der Waals surface area contributed by atoms with Crippen LogP contribution in [0.5, 0.6) is 0 Å². The van der Waals surface area contributed by atoms with Crippen molar-refractivity contribution >= 4 is 12.0 Å². The molecule has 1 saturated heterocycles. The van der Waals surface area contributed by atoms with Crippen LogP contribution in [0.4, 0.5) is 4.79 Å². The largest absolute Gasteiger partial charge is 0.480 e. The van der Waals surface area contributed by atoms with Gasteiger partial charge in [-0.25, -0.2) is 9.59 Å². The molecule has 0 spiro atoms. The Morgan fingerprint density at radius 3 is 2.60 bits per heavy atom. The summed E-state index contributed by atoms with van der Waals surface area (Å²) in [7, 11) is 0. The number of rotatable bonds is 6. The Hall–Kier alpha value is -1.26. The number of piperidine rings is 1. The van der Waals surface area contributed by atoms with Gasteiger partial charge in [-0.3, -0.25) is 0 Å². The van der Waals surface area contributed by atoms with Crippen LogP contribution in [-0.4, -0.2) is 40.6 Å². The molecule has 2 atom stereocenters. The molecule has 20 heavy (non-hydrogen) atoms. The number of amides is 2. The van der Waals surface area contributed by atoms with Gasteiger partial charge in [0.25, 0.3) is 0 Å². The third kappa shape index (κ3) is 5.02. The van der Waals surface area contributed by atoms with Crippen molar-refractivity contribution in [3.8, 4) is 0 Å². The van der Waals surface area contributed by atoms with Crippen molar-refractivity contribution < 1.29 is 14.7 Å². The second-order valence-corrected chi connectivity index (χ2v) is 6.10. The van der Waals surface area contributed by atoms with Crippen LogP contribution in [0.1, 0.15) is 59.3 Å². The van der Waals surface area contributed by atoms with Crippen LogP contribution in [0.2, 0.25) is 0 Å². The predicted molar refractivity (Wildman–Crippen MR) is 78.7 cm³/mol. The van der Waals surface area contributed by atoms with E-state index < -0.39 is 12.0 Å². The van der Waals surface area contributed by atoms with Gasteiger partial charge in [0.15, 0.2) is 0 Å². The van der Waals surface area contributed by atoms with Crippen LogP contribution in [0, 0.1) is 5.92 Å². The smallest absolute Gasteiger partial charge is 0.326 e. The number of nitrogens with one attached hydrogen (secondary N) is 1. The lowest BCUT2D eigenvalue weighted by Crippen LogP contribution is -2.53. The van der Waals surface area contributed by atoms with Crippen LogP contribution >= 0.6 is 0 Å². The lowest BCUT2D eigenvalue weighted by molar-refractivity contribution is -0.139. The normalized spacial score (nSPS) is 20.8. The zero-order valence-electron chi connectivity index (χ0n) is 12.9. The highest BCUT2D eigenvalue weighted by Gasteiger charge is 2.29. The lowest BCUT2D eigenvalue weighted by Gasteiger charge is -2.36. The molecule has 5 heteroatoms. The number of likely N-dealkylation sites (tertiary alicyclic amines) is 1. The minimum absolute atomic E-state index is 0.212. The first-order chi connectivity index (χ1) is 9.45. The summed E-state index contributed by atoms with van der Waals surface area (Å²) in [5.74, 6) is -0.708. The molecule has 2 amide bonds. The average molecular weight is 284 g/mol. The third-order valence-electron chi connectivity index (χ3n) is 3.81. The molecule has 1 fully saturated rings. The molecule has 5 nitrogen and oxygen atoms in total. The summed E-state index contributed by atoms with van der Waals surface area (Å²) in [6.45, 7) is 6.78. The third-order valence-corrected chi connectivity index (χ3v) is 3.81. The van der Waals surface area contributed by atoms with Gasteiger partial charge < -0.3 is 15.3 Å². The molecule has 0 aromatic heterocycles. The van der Waals surface area contributed by atoms with Gasteiger partial charge in [-0.15, -0.1) is 0 Å². The van der Waals surface area contributed by atoms with E-state index in [9.17, 15) is 14.7 Å². The topological polar surface area (TPSA) is 69.6 Å². The number of hydrogen-bond acceptors (Lipinski definition) is 2. The molecule has 0 aromatic carbocycles. The molecule has 0 bridgehead atoms. The second kappa shape index (κ2) is 8.12. The number of urea groups is 1. The predicted octanol–water partition coefficient (Wildman–Crippen LogP) is 2.85. The average Bonchev–Trinajstić information content (AvgIpc) is 2.38. The summed E-state index contributed by atoms with van der Waals surface area (Å²) in [5.41, 5.74) is 0. The van der Waals surface area contributed by atoms with Crippen molar-refractivity contribution in [1.82, 2.24) is 10.2 Å². The molecule has 1 aliphatic rings. The molecule has 116 valence electrons. The van der Waals surface area contributed by atoms with Crippen molar-refractivity contribution in [2.75, 3.05) is 6.54 Å². The minimum atomic E-state index is -0.948. The fourth-order valence-corrected chi connectivity index (χ4v) is 2.83. The Morgan fingerprint density at radius 2 is 2.05 bits per heavy atom. The van der Waals surface area contributed by atoms with Gasteiger partial charge in [0.2, 0.25) is 0 Å². The molecule has 1 unspecified atom stereocenters. The van der Waals surface area contributed by atoms with E-state index in [0.717, 1.165) is 38.6 Å². The number of carbonyl (C=O) groups is 2. The van der Waals surface area contributed by atoms with Crippen LogP contribution in [0.3, 0.4) is 0 Å². The molecule has 2 N–H and O–H groups in total. The fraction of sp³-hybridized carbons (Fsp3) is 0.867. The monoisotopic (exact) mass is 284 g/mol. The van der Waals surface area contributed by atoms with E-state index in [1.165, 1.54) is 0 Å². The number of hydrogen-bond donors (Lipinski definition) is 2. The molecule has 0 aliphatic carbocycles. The Bertz CT molecular complexity index is 329. The highest BCUT2D eigenvalue weighted by molar-refractivity contribution is 5.82. The number of nitrogens with zero attached hydrogens (tertiary/aromatic N) is 1. The Balaban J connectivity index is 2.63. The van der Waals surface area contributed by atoms with Gasteiger partial charge in [-0.1, -0.05) is 27.2 Å². The molecular formula is C15H28N2O3. The summed E-state index contributed by atoms with van der Waals surface area (Å²) >= 11 is 0. The number of carboxylic acids is 1. The molecular weight excluding hydrogens is 256 g/mol. The highest BCUT2D eigenvalue weighted by atomic mass is 16.4. The van der Waals surface area contributed by atoms with E-state index in [0.29, 0.717) is 6.42 Å². The van der Waals surface area contributed by atoms with Gasteiger partial charge in [0.1, 0.15) is 6.04 Å². The summed E-state index contributed by atoms with van der Waals surface area (Å²) < 4.78 is 0. The zero-order chi connectivity index (χ0) is 15.1. The maximum absolute atomic E-state index is 12.3. The van der Waals surface area contributed by atoms with Crippen molar-refractivity contribution in [1.29, 1.82) is 0 Å². The Morgan fingerprint density at radius 1 is 1.35 bits per heavy atom. The minimum Gasteiger partial charge on any atom is -0.480 e. The lowest BCUT2D eigenvalue weighted by atomic mass is 9.98. The van der Waals surface area contributed by atoms with Crippen LogP contribution in [-0.2, 0) is 4.79 Å². The van der Waals surface area contributed by atoms with E-state index in [2.05, 4.69) is 12.2 Å². The van der Waals surface area contributed by atoms with Crippen LogP contribution in [0.25, 0.3) is 0 Å². The molecule has 1 rings (SSSR count). The Labute approximate surface area is 121 Å². The van der Waals surface area contributed by atoms with Gasteiger partial charge >= 0.3 is 12.0 Å². The van der Waals surface area contributed by atoms with E-state index in [-0.39, 0.29) is 18.0 Å².